The van der Waals surface area contributed by atoms with E-state index < -0.39 is 0 Å². The summed E-state index contributed by atoms with van der Waals surface area (Å²) in [6.07, 6.45) is 4.58. The molecule has 4 nitrogen and oxygen atoms in total. The minimum absolute atomic E-state index is 0.0825. The molecule has 17 heavy (non-hydrogen) atoms. The topological polar surface area (TPSA) is 35.6 Å². The number of carbonyl (C=O) groups excluding carboxylic acids is 1. The van der Waals surface area contributed by atoms with Crippen LogP contribution in [-0.2, 0) is 4.79 Å². The zero-order valence-electron chi connectivity index (χ0n) is 11.2. The smallest absolute Gasteiger partial charge is 0.230 e. The van der Waals surface area contributed by atoms with Crippen LogP contribution in [0.2, 0.25) is 0 Å². The van der Waals surface area contributed by atoms with E-state index in [1.165, 1.54) is 12.8 Å². The molecule has 1 aliphatic carbocycles. The average Bonchev–Trinajstić information content (AvgIpc) is 2.78. The molecule has 0 bridgehead atoms. The summed E-state index contributed by atoms with van der Waals surface area (Å²) in [5.74, 6) is 0.408. The largest absolute Gasteiger partial charge is 0.340 e. The highest BCUT2D eigenvalue weighted by atomic mass is 16.2. The lowest BCUT2D eigenvalue weighted by atomic mass is 9.83. The first-order chi connectivity index (χ1) is 8.14. The molecule has 1 heterocycles. The van der Waals surface area contributed by atoms with Gasteiger partial charge in [0, 0.05) is 32.7 Å². The molecule has 2 aliphatic rings. The standard InChI is InChI=1S/C13H25N3O/c1-15(2)11-13(5-3-4-6-13)12(17)16-9-7-14-8-10-16/h14H,3-11H2,1-2H3. The molecule has 1 aliphatic heterocycles. The summed E-state index contributed by atoms with van der Waals surface area (Å²) in [6.45, 7) is 4.57. The molecule has 1 saturated heterocycles. The minimum Gasteiger partial charge on any atom is -0.340 e. The van der Waals surface area contributed by atoms with Crippen LogP contribution in [0.1, 0.15) is 25.7 Å². The maximum Gasteiger partial charge on any atom is 0.230 e. The van der Waals surface area contributed by atoms with Crippen molar-refractivity contribution in [3.8, 4) is 0 Å². The SMILES string of the molecule is CN(C)CC1(C(=O)N2CCNCC2)CCCC1. The van der Waals surface area contributed by atoms with E-state index in [-0.39, 0.29) is 5.41 Å². The van der Waals surface area contributed by atoms with Crippen LogP contribution in [0.25, 0.3) is 0 Å². The minimum atomic E-state index is -0.0825. The van der Waals surface area contributed by atoms with Gasteiger partial charge < -0.3 is 15.1 Å². The van der Waals surface area contributed by atoms with E-state index in [1.54, 1.807) is 0 Å². The third-order valence-corrected chi connectivity index (χ3v) is 4.04. The molecular weight excluding hydrogens is 214 g/mol. The Hall–Kier alpha value is -0.610. The number of hydrogen-bond acceptors (Lipinski definition) is 3. The van der Waals surface area contributed by atoms with Gasteiger partial charge in [-0.2, -0.15) is 0 Å². The Morgan fingerprint density at radius 2 is 1.82 bits per heavy atom. The van der Waals surface area contributed by atoms with Gasteiger partial charge in [-0.3, -0.25) is 4.79 Å². The van der Waals surface area contributed by atoms with Crippen molar-refractivity contribution < 1.29 is 4.79 Å². The molecule has 0 aromatic heterocycles. The number of piperazine rings is 1. The van der Waals surface area contributed by atoms with Gasteiger partial charge in [-0.05, 0) is 26.9 Å². The number of nitrogens with one attached hydrogen (secondary N) is 1. The first kappa shape index (κ1) is 12.8. The molecule has 0 aromatic carbocycles. The summed E-state index contributed by atoms with van der Waals surface area (Å²) in [5.41, 5.74) is -0.0825. The van der Waals surface area contributed by atoms with Crippen molar-refractivity contribution in [1.82, 2.24) is 15.1 Å². The second kappa shape index (κ2) is 5.36. The Morgan fingerprint density at radius 3 is 2.35 bits per heavy atom. The highest BCUT2D eigenvalue weighted by Gasteiger charge is 2.43. The van der Waals surface area contributed by atoms with Crippen molar-refractivity contribution in [2.75, 3.05) is 46.8 Å². The maximum atomic E-state index is 12.7. The lowest BCUT2D eigenvalue weighted by Gasteiger charge is -2.38. The lowest BCUT2D eigenvalue weighted by molar-refractivity contribution is -0.143. The van der Waals surface area contributed by atoms with Gasteiger partial charge in [-0.1, -0.05) is 12.8 Å². The fraction of sp³-hybridized carbons (Fsp3) is 0.923. The van der Waals surface area contributed by atoms with Crippen LogP contribution < -0.4 is 5.32 Å². The van der Waals surface area contributed by atoms with E-state index in [4.69, 9.17) is 0 Å². The highest BCUT2D eigenvalue weighted by Crippen LogP contribution is 2.40. The Kier molecular flexibility index (Phi) is 4.05. The molecule has 1 N–H and O–H groups in total. The first-order valence-electron chi connectivity index (χ1n) is 6.79. The molecule has 0 atom stereocenters. The second-order valence-electron chi connectivity index (χ2n) is 5.77. The van der Waals surface area contributed by atoms with Crippen LogP contribution in [0.5, 0.6) is 0 Å². The van der Waals surface area contributed by atoms with E-state index >= 15 is 0 Å². The normalized spacial score (nSPS) is 24.3. The highest BCUT2D eigenvalue weighted by molar-refractivity contribution is 5.83. The number of rotatable bonds is 3. The van der Waals surface area contributed by atoms with Crippen LogP contribution >= 0.6 is 0 Å². The third kappa shape index (κ3) is 2.80. The molecule has 0 aromatic rings. The van der Waals surface area contributed by atoms with Gasteiger partial charge in [0.15, 0.2) is 0 Å². The van der Waals surface area contributed by atoms with Crippen LogP contribution in [0, 0.1) is 5.41 Å². The fourth-order valence-corrected chi connectivity index (χ4v) is 3.30. The van der Waals surface area contributed by atoms with Gasteiger partial charge in [-0.25, -0.2) is 0 Å². The Balaban J connectivity index is 2.06. The number of carbonyl (C=O) groups is 1. The van der Waals surface area contributed by atoms with E-state index in [1.807, 2.05) is 0 Å². The molecule has 1 saturated carbocycles. The molecule has 4 heteroatoms. The van der Waals surface area contributed by atoms with Crippen molar-refractivity contribution in [2.45, 2.75) is 25.7 Å². The van der Waals surface area contributed by atoms with Crippen LogP contribution in [-0.4, -0.2) is 62.5 Å². The van der Waals surface area contributed by atoms with Gasteiger partial charge in [0.05, 0.1) is 5.41 Å². The molecule has 98 valence electrons. The van der Waals surface area contributed by atoms with Crippen molar-refractivity contribution in [1.29, 1.82) is 0 Å². The van der Waals surface area contributed by atoms with Crippen molar-refractivity contribution >= 4 is 5.91 Å². The number of hydrogen-bond donors (Lipinski definition) is 1. The second-order valence-corrected chi connectivity index (χ2v) is 5.77. The van der Waals surface area contributed by atoms with Gasteiger partial charge in [0.1, 0.15) is 0 Å². The molecule has 2 fully saturated rings. The lowest BCUT2D eigenvalue weighted by Crippen LogP contribution is -2.53. The fourth-order valence-electron chi connectivity index (χ4n) is 3.30. The molecular formula is C13H25N3O. The van der Waals surface area contributed by atoms with Crippen LogP contribution in [0.4, 0.5) is 0 Å². The monoisotopic (exact) mass is 239 g/mol. The van der Waals surface area contributed by atoms with Crippen LogP contribution in [0.3, 0.4) is 0 Å². The zero-order chi connectivity index (χ0) is 12.3. The summed E-state index contributed by atoms with van der Waals surface area (Å²) in [5, 5.41) is 3.31. The third-order valence-electron chi connectivity index (χ3n) is 4.04. The van der Waals surface area contributed by atoms with Gasteiger partial charge in [-0.15, -0.1) is 0 Å². The van der Waals surface area contributed by atoms with Crippen molar-refractivity contribution in [3.05, 3.63) is 0 Å². The van der Waals surface area contributed by atoms with E-state index in [2.05, 4.69) is 29.2 Å². The Morgan fingerprint density at radius 1 is 1.24 bits per heavy atom. The van der Waals surface area contributed by atoms with Gasteiger partial charge in [0.25, 0.3) is 0 Å². The summed E-state index contributed by atoms with van der Waals surface area (Å²) in [7, 11) is 4.15. The number of nitrogens with zero attached hydrogens (tertiary/aromatic N) is 2. The summed E-state index contributed by atoms with van der Waals surface area (Å²) in [6, 6.07) is 0. The quantitative estimate of drug-likeness (QED) is 0.781. The Labute approximate surface area is 104 Å². The number of amides is 1. The molecule has 0 unspecified atom stereocenters. The van der Waals surface area contributed by atoms with E-state index in [0.29, 0.717) is 5.91 Å². The van der Waals surface area contributed by atoms with Gasteiger partial charge in [0.2, 0.25) is 5.91 Å². The predicted molar refractivity (Wildman–Crippen MR) is 68.9 cm³/mol. The van der Waals surface area contributed by atoms with Crippen LogP contribution in [0.15, 0.2) is 0 Å². The first-order valence-corrected chi connectivity index (χ1v) is 6.79. The van der Waals surface area contributed by atoms with Crippen molar-refractivity contribution in [2.24, 2.45) is 5.41 Å². The van der Waals surface area contributed by atoms with Gasteiger partial charge >= 0.3 is 0 Å². The molecule has 2 rings (SSSR count). The zero-order valence-corrected chi connectivity index (χ0v) is 11.2. The molecule has 0 radical (unpaired) electrons. The predicted octanol–water partition coefficient (Wildman–Crippen LogP) is 0.540. The van der Waals surface area contributed by atoms with Crippen molar-refractivity contribution in [3.63, 3.8) is 0 Å². The average molecular weight is 239 g/mol. The molecule has 1 amide bonds. The maximum absolute atomic E-state index is 12.7. The van der Waals surface area contributed by atoms with E-state index in [9.17, 15) is 4.79 Å². The summed E-state index contributed by atoms with van der Waals surface area (Å²) in [4.78, 5) is 17.0. The van der Waals surface area contributed by atoms with E-state index in [0.717, 1.165) is 45.6 Å². The summed E-state index contributed by atoms with van der Waals surface area (Å²) >= 11 is 0. The molecule has 0 spiro atoms. The Bertz CT molecular complexity index is 266. The summed E-state index contributed by atoms with van der Waals surface area (Å²) < 4.78 is 0.